The molecule has 1 aromatic carbocycles. The van der Waals surface area contributed by atoms with Crippen LogP contribution in [0.4, 0.5) is 0 Å². The molecule has 1 aromatic rings. The Morgan fingerprint density at radius 3 is 2.37 bits per heavy atom. The Morgan fingerprint density at radius 1 is 1.11 bits per heavy atom. The zero-order chi connectivity index (χ0) is 13.8. The van der Waals surface area contributed by atoms with Crippen LogP contribution < -0.4 is 19.5 Å². The normalized spacial score (nSPS) is 19.1. The molecule has 0 bridgehead atoms. The van der Waals surface area contributed by atoms with Gasteiger partial charge in [-0.05, 0) is 19.4 Å². The lowest BCUT2D eigenvalue weighted by Gasteiger charge is -2.28. The van der Waals surface area contributed by atoms with E-state index in [0.717, 1.165) is 18.5 Å². The zero-order valence-corrected chi connectivity index (χ0v) is 12.3. The lowest BCUT2D eigenvalue weighted by Crippen LogP contribution is -2.27. The molecule has 0 aliphatic carbocycles. The van der Waals surface area contributed by atoms with Crippen LogP contribution in [0, 0.1) is 0 Å². The van der Waals surface area contributed by atoms with Crippen molar-refractivity contribution in [2.45, 2.75) is 25.3 Å². The van der Waals surface area contributed by atoms with Crippen molar-refractivity contribution in [3.05, 3.63) is 16.7 Å². The van der Waals surface area contributed by atoms with Crippen LogP contribution in [0.5, 0.6) is 17.2 Å². The van der Waals surface area contributed by atoms with Gasteiger partial charge in [0.25, 0.3) is 0 Å². The fourth-order valence-corrected chi connectivity index (χ4v) is 2.87. The number of benzene rings is 1. The number of methoxy groups -OCH3 is 3. The summed E-state index contributed by atoms with van der Waals surface area (Å²) in [6, 6.07) is 1.91. The van der Waals surface area contributed by atoms with E-state index in [0.29, 0.717) is 22.3 Å². The van der Waals surface area contributed by atoms with Crippen molar-refractivity contribution < 1.29 is 14.2 Å². The maximum atomic E-state index is 6.27. The van der Waals surface area contributed by atoms with Crippen molar-refractivity contribution in [3.8, 4) is 17.2 Å². The molecule has 1 saturated heterocycles. The number of hydrogen-bond acceptors (Lipinski definition) is 4. The summed E-state index contributed by atoms with van der Waals surface area (Å²) in [6.45, 7) is 0.992. The predicted molar refractivity (Wildman–Crippen MR) is 75.7 cm³/mol. The highest BCUT2D eigenvalue weighted by Crippen LogP contribution is 2.47. The van der Waals surface area contributed by atoms with Gasteiger partial charge >= 0.3 is 0 Å². The Morgan fingerprint density at radius 2 is 1.84 bits per heavy atom. The summed E-state index contributed by atoms with van der Waals surface area (Å²) in [4.78, 5) is 0. The summed E-state index contributed by atoms with van der Waals surface area (Å²) < 4.78 is 16.3. The molecule has 0 radical (unpaired) electrons. The third kappa shape index (κ3) is 2.74. The van der Waals surface area contributed by atoms with Gasteiger partial charge in [0.05, 0.1) is 31.9 Å². The Bertz CT molecular complexity index is 445. The second-order valence-electron chi connectivity index (χ2n) is 4.54. The number of nitrogens with one attached hydrogen (secondary N) is 1. The van der Waals surface area contributed by atoms with Gasteiger partial charge in [-0.2, -0.15) is 0 Å². The first-order valence-electron chi connectivity index (χ1n) is 6.44. The number of rotatable bonds is 4. The largest absolute Gasteiger partial charge is 0.495 e. The second-order valence-corrected chi connectivity index (χ2v) is 4.95. The van der Waals surface area contributed by atoms with Crippen molar-refractivity contribution in [1.29, 1.82) is 0 Å². The molecule has 1 aliphatic heterocycles. The second kappa shape index (κ2) is 6.35. The van der Waals surface area contributed by atoms with Gasteiger partial charge in [-0.1, -0.05) is 18.0 Å². The van der Waals surface area contributed by atoms with Crippen LogP contribution in [0.3, 0.4) is 0 Å². The average Bonchev–Trinajstić information content (AvgIpc) is 2.46. The molecular weight excluding hydrogens is 266 g/mol. The van der Waals surface area contributed by atoms with Crippen molar-refractivity contribution in [2.24, 2.45) is 0 Å². The lowest BCUT2D eigenvalue weighted by molar-refractivity contribution is 0.324. The van der Waals surface area contributed by atoms with Gasteiger partial charge < -0.3 is 19.5 Å². The summed E-state index contributed by atoms with van der Waals surface area (Å²) in [5.74, 6) is 2.00. The van der Waals surface area contributed by atoms with Gasteiger partial charge in [0.1, 0.15) is 5.75 Å². The van der Waals surface area contributed by atoms with E-state index in [9.17, 15) is 0 Å². The number of ether oxygens (including phenoxy) is 3. The average molecular weight is 286 g/mol. The molecule has 106 valence electrons. The van der Waals surface area contributed by atoms with Crippen LogP contribution in [-0.4, -0.2) is 27.9 Å². The molecule has 0 aromatic heterocycles. The predicted octanol–water partition coefficient (Wildman–Crippen LogP) is 3.18. The Balaban J connectivity index is 2.55. The fourth-order valence-electron chi connectivity index (χ4n) is 2.60. The highest BCUT2D eigenvalue weighted by atomic mass is 35.5. The van der Waals surface area contributed by atoms with Crippen molar-refractivity contribution in [2.75, 3.05) is 27.9 Å². The SMILES string of the molecule is COc1cc(Cl)c(OC)c(C2CCCCN2)c1OC. The molecule has 1 aliphatic rings. The first-order valence-corrected chi connectivity index (χ1v) is 6.82. The minimum absolute atomic E-state index is 0.186. The van der Waals surface area contributed by atoms with Crippen molar-refractivity contribution in [1.82, 2.24) is 5.32 Å². The van der Waals surface area contributed by atoms with Gasteiger partial charge in [-0.15, -0.1) is 0 Å². The summed E-state index contributed by atoms with van der Waals surface area (Å²) in [7, 11) is 4.87. The monoisotopic (exact) mass is 285 g/mol. The van der Waals surface area contributed by atoms with Gasteiger partial charge in [-0.3, -0.25) is 0 Å². The summed E-state index contributed by atoms with van der Waals surface area (Å²) in [5.41, 5.74) is 0.953. The van der Waals surface area contributed by atoms with Crippen molar-refractivity contribution in [3.63, 3.8) is 0 Å². The number of halogens is 1. The van der Waals surface area contributed by atoms with Gasteiger partial charge in [-0.25, -0.2) is 0 Å². The highest BCUT2D eigenvalue weighted by Gasteiger charge is 2.27. The number of piperidine rings is 1. The van der Waals surface area contributed by atoms with Crippen LogP contribution in [0.1, 0.15) is 30.9 Å². The Labute approximate surface area is 119 Å². The van der Waals surface area contributed by atoms with Crippen LogP contribution in [-0.2, 0) is 0 Å². The maximum Gasteiger partial charge on any atom is 0.169 e. The third-order valence-electron chi connectivity index (χ3n) is 3.47. The summed E-state index contributed by atoms with van der Waals surface area (Å²) in [5, 5.41) is 4.03. The summed E-state index contributed by atoms with van der Waals surface area (Å²) >= 11 is 6.27. The lowest BCUT2D eigenvalue weighted by atomic mass is 9.95. The van der Waals surface area contributed by atoms with Crippen LogP contribution in [0.2, 0.25) is 5.02 Å². The van der Waals surface area contributed by atoms with Gasteiger partial charge in [0.15, 0.2) is 11.5 Å². The fraction of sp³-hybridized carbons (Fsp3) is 0.571. The number of hydrogen-bond donors (Lipinski definition) is 1. The first-order chi connectivity index (χ1) is 9.22. The quantitative estimate of drug-likeness (QED) is 0.922. The molecular formula is C14H20ClNO3. The van der Waals surface area contributed by atoms with E-state index in [4.69, 9.17) is 25.8 Å². The highest BCUT2D eigenvalue weighted by molar-refractivity contribution is 6.32. The topological polar surface area (TPSA) is 39.7 Å². The van der Waals surface area contributed by atoms with E-state index in [1.807, 2.05) is 0 Å². The molecule has 0 amide bonds. The van der Waals surface area contributed by atoms with E-state index in [-0.39, 0.29) is 6.04 Å². The molecule has 1 fully saturated rings. The molecule has 1 unspecified atom stereocenters. The Kier molecular flexibility index (Phi) is 4.77. The van der Waals surface area contributed by atoms with E-state index >= 15 is 0 Å². The molecule has 0 spiro atoms. The van der Waals surface area contributed by atoms with Gasteiger partial charge in [0, 0.05) is 12.1 Å². The standard InChI is InChI=1S/C14H20ClNO3/c1-17-11-8-9(15)13(18-2)12(14(11)19-3)10-6-4-5-7-16-10/h8,10,16H,4-7H2,1-3H3. The minimum Gasteiger partial charge on any atom is -0.495 e. The Hall–Kier alpha value is -1.13. The third-order valence-corrected chi connectivity index (χ3v) is 3.76. The van der Waals surface area contributed by atoms with Crippen LogP contribution >= 0.6 is 11.6 Å². The molecule has 1 heterocycles. The molecule has 5 heteroatoms. The van der Waals surface area contributed by atoms with Crippen LogP contribution in [0.15, 0.2) is 6.07 Å². The molecule has 4 nitrogen and oxygen atoms in total. The molecule has 1 N–H and O–H groups in total. The van der Waals surface area contributed by atoms with E-state index in [2.05, 4.69) is 5.32 Å². The zero-order valence-electron chi connectivity index (χ0n) is 11.6. The van der Waals surface area contributed by atoms with E-state index in [1.165, 1.54) is 12.8 Å². The van der Waals surface area contributed by atoms with Gasteiger partial charge in [0.2, 0.25) is 0 Å². The van der Waals surface area contributed by atoms with E-state index < -0.39 is 0 Å². The summed E-state index contributed by atoms with van der Waals surface area (Å²) in [6.07, 6.45) is 3.41. The minimum atomic E-state index is 0.186. The van der Waals surface area contributed by atoms with Crippen molar-refractivity contribution >= 4 is 11.6 Å². The smallest absolute Gasteiger partial charge is 0.169 e. The maximum absolute atomic E-state index is 6.27. The molecule has 1 atom stereocenters. The molecule has 19 heavy (non-hydrogen) atoms. The van der Waals surface area contributed by atoms with E-state index in [1.54, 1.807) is 27.4 Å². The molecule has 2 rings (SSSR count). The molecule has 0 saturated carbocycles. The first kappa shape index (κ1) is 14.3. The van der Waals surface area contributed by atoms with Crippen LogP contribution in [0.25, 0.3) is 0 Å².